The van der Waals surface area contributed by atoms with E-state index in [1.54, 1.807) is 0 Å². The molecule has 0 unspecified atom stereocenters. The first-order valence-electron chi connectivity index (χ1n) is 18.6. The van der Waals surface area contributed by atoms with E-state index >= 15 is 0 Å². The highest BCUT2D eigenvalue weighted by atomic mass is 32.1. The molecule has 12 aromatic rings. The molecule has 0 fully saturated rings. The number of thiophene rings is 1. The zero-order valence-electron chi connectivity index (χ0n) is 29.5. The van der Waals surface area contributed by atoms with Crippen LogP contribution in [-0.2, 0) is 0 Å². The molecule has 55 heavy (non-hydrogen) atoms. The summed E-state index contributed by atoms with van der Waals surface area (Å²) in [6, 6.07) is 65.2. The van der Waals surface area contributed by atoms with Gasteiger partial charge >= 0.3 is 0 Å². The first kappa shape index (κ1) is 30.4. The first-order chi connectivity index (χ1) is 27.3. The topological polar surface area (TPSA) is 35.6 Å². The minimum Gasteiger partial charge on any atom is -0.309 e. The number of para-hydroxylation sites is 4. The van der Waals surface area contributed by atoms with Gasteiger partial charge in [0.05, 0.1) is 49.2 Å². The van der Waals surface area contributed by atoms with Gasteiger partial charge in [0, 0.05) is 59.5 Å². The van der Waals surface area contributed by atoms with E-state index in [0.29, 0.717) is 0 Å². The van der Waals surface area contributed by atoms with Crippen LogP contribution in [0.1, 0.15) is 0 Å². The van der Waals surface area contributed by atoms with E-state index in [-0.39, 0.29) is 0 Å². The predicted molar refractivity (Wildman–Crippen MR) is 232 cm³/mol. The summed E-state index contributed by atoms with van der Waals surface area (Å²) in [5.41, 5.74) is 12.7. The zero-order valence-corrected chi connectivity index (χ0v) is 30.3. The molecular formula is C50H30N4S. The summed E-state index contributed by atoms with van der Waals surface area (Å²) in [5.74, 6) is 0. The van der Waals surface area contributed by atoms with Crippen molar-refractivity contribution >= 4 is 86.2 Å². The molecule has 0 aliphatic rings. The standard InChI is InChI=1S/C50H30N4S/c1-3-13-31(14-4-1)47-48(52-42-20-10-9-19-41(42)51-47)32-23-25-34(26-24-32)54-45-30-44-39(35-17-7-11-21-43(35)53(44)33-15-5-2-6-16-33)29-40(45)37-27-28-38-36-18-8-12-22-46(36)55-50(38)49(37)54/h1-30H. The molecular weight excluding hydrogens is 689 g/mol. The Labute approximate surface area is 319 Å². The second kappa shape index (κ2) is 11.7. The molecule has 256 valence electrons. The van der Waals surface area contributed by atoms with E-state index in [1.165, 1.54) is 63.8 Å². The molecule has 4 aromatic heterocycles. The van der Waals surface area contributed by atoms with E-state index in [4.69, 9.17) is 9.97 Å². The second-order valence-electron chi connectivity index (χ2n) is 14.2. The summed E-state index contributed by atoms with van der Waals surface area (Å²) in [5, 5.41) is 7.59. The van der Waals surface area contributed by atoms with Crippen molar-refractivity contribution in [2.75, 3.05) is 0 Å². The van der Waals surface area contributed by atoms with Crippen LogP contribution in [0.15, 0.2) is 182 Å². The lowest BCUT2D eigenvalue weighted by Gasteiger charge is -2.13. The smallest absolute Gasteiger partial charge is 0.0973 e. The van der Waals surface area contributed by atoms with Crippen molar-refractivity contribution in [1.29, 1.82) is 0 Å². The molecule has 0 saturated carbocycles. The van der Waals surface area contributed by atoms with Crippen molar-refractivity contribution in [2.24, 2.45) is 0 Å². The van der Waals surface area contributed by atoms with Crippen molar-refractivity contribution in [3.05, 3.63) is 182 Å². The van der Waals surface area contributed by atoms with Gasteiger partial charge in [-0.2, -0.15) is 0 Å². The summed E-state index contributed by atoms with van der Waals surface area (Å²) in [7, 11) is 0. The molecule has 0 radical (unpaired) electrons. The monoisotopic (exact) mass is 718 g/mol. The van der Waals surface area contributed by atoms with Gasteiger partial charge < -0.3 is 9.13 Å². The molecule has 8 aromatic carbocycles. The first-order valence-corrected chi connectivity index (χ1v) is 19.4. The van der Waals surface area contributed by atoms with Gasteiger partial charge in [-0.1, -0.05) is 121 Å². The number of hydrogen-bond donors (Lipinski definition) is 0. The average Bonchev–Trinajstić information content (AvgIpc) is 3.90. The largest absolute Gasteiger partial charge is 0.309 e. The normalized spacial score (nSPS) is 12.0. The van der Waals surface area contributed by atoms with Crippen molar-refractivity contribution in [1.82, 2.24) is 19.1 Å². The Bertz CT molecular complexity index is 3470. The lowest BCUT2D eigenvalue weighted by atomic mass is 10.0. The molecule has 0 aliphatic carbocycles. The molecule has 0 bridgehead atoms. The van der Waals surface area contributed by atoms with Gasteiger partial charge in [0.1, 0.15) is 0 Å². The number of hydrogen-bond acceptors (Lipinski definition) is 3. The van der Waals surface area contributed by atoms with Gasteiger partial charge in [0.25, 0.3) is 0 Å². The van der Waals surface area contributed by atoms with Gasteiger partial charge in [-0.05, 0) is 60.7 Å². The van der Waals surface area contributed by atoms with Crippen LogP contribution in [0.2, 0.25) is 0 Å². The number of benzene rings is 8. The van der Waals surface area contributed by atoms with Gasteiger partial charge in [0.2, 0.25) is 0 Å². The van der Waals surface area contributed by atoms with E-state index in [1.807, 2.05) is 41.7 Å². The van der Waals surface area contributed by atoms with Crippen LogP contribution in [0, 0.1) is 0 Å². The van der Waals surface area contributed by atoms with Crippen LogP contribution in [-0.4, -0.2) is 19.1 Å². The average molecular weight is 719 g/mol. The molecule has 0 atom stereocenters. The van der Waals surface area contributed by atoms with Gasteiger partial charge in [0.15, 0.2) is 0 Å². The Kier molecular flexibility index (Phi) is 6.47. The fourth-order valence-corrected chi connectivity index (χ4v) is 9.87. The minimum absolute atomic E-state index is 0.875. The molecule has 4 heterocycles. The molecule has 12 rings (SSSR count). The number of fused-ring (bicyclic) bond motifs is 11. The van der Waals surface area contributed by atoms with Crippen molar-refractivity contribution in [3.8, 4) is 33.9 Å². The third kappa shape index (κ3) is 4.51. The van der Waals surface area contributed by atoms with E-state index in [2.05, 4.69) is 161 Å². The summed E-state index contributed by atoms with van der Waals surface area (Å²) in [6.45, 7) is 0. The van der Waals surface area contributed by atoms with Crippen LogP contribution < -0.4 is 0 Å². The maximum atomic E-state index is 5.20. The second-order valence-corrected chi connectivity index (χ2v) is 15.2. The third-order valence-electron chi connectivity index (χ3n) is 11.1. The highest BCUT2D eigenvalue weighted by Gasteiger charge is 2.22. The third-order valence-corrected chi connectivity index (χ3v) is 12.3. The Morgan fingerprint density at radius 2 is 0.927 bits per heavy atom. The van der Waals surface area contributed by atoms with E-state index in [0.717, 1.165) is 44.9 Å². The minimum atomic E-state index is 0.875. The van der Waals surface area contributed by atoms with Gasteiger partial charge in [-0.25, -0.2) is 9.97 Å². The SMILES string of the molecule is c1ccc(-c2nc3ccccc3nc2-c2ccc(-n3c4cc5c(cc4c4ccc6c7ccccc7sc6c43)c3ccccc3n5-c3ccccc3)cc2)cc1. The molecule has 0 aliphatic heterocycles. The molecule has 5 heteroatoms. The van der Waals surface area contributed by atoms with Crippen LogP contribution in [0.25, 0.3) is 109 Å². The molecule has 0 spiro atoms. The van der Waals surface area contributed by atoms with Crippen molar-refractivity contribution in [3.63, 3.8) is 0 Å². The molecule has 0 amide bonds. The molecule has 4 nitrogen and oxygen atoms in total. The van der Waals surface area contributed by atoms with Crippen LogP contribution in [0.5, 0.6) is 0 Å². The zero-order chi connectivity index (χ0) is 36.0. The highest BCUT2D eigenvalue weighted by molar-refractivity contribution is 7.26. The summed E-state index contributed by atoms with van der Waals surface area (Å²) < 4.78 is 7.50. The maximum Gasteiger partial charge on any atom is 0.0973 e. The summed E-state index contributed by atoms with van der Waals surface area (Å²) in [6.07, 6.45) is 0. The number of rotatable bonds is 4. The Balaban J connectivity index is 1.16. The summed E-state index contributed by atoms with van der Waals surface area (Å²) >= 11 is 1.88. The summed E-state index contributed by atoms with van der Waals surface area (Å²) in [4.78, 5) is 10.3. The lowest BCUT2D eigenvalue weighted by Crippen LogP contribution is -1.97. The van der Waals surface area contributed by atoms with Gasteiger partial charge in [-0.15, -0.1) is 11.3 Å². The van der Waals surface area contributed by atoms with Crippen LogP contribution in [0.3, 0.4) is 0 Å². The molecule has 0 saturated heterocycles. The number of aromatic nitrogens is 4. The predicted octanol–water partition coefficient (Wildman–Crippen LogP) is 13.5. The van der Waals surface area contributed by atoms with Crippen LogP contribution in [0.4, 0.5) is 0 Å². The van der Waals surface area contributed by atoms with Crippen molar-refractivity contribution in [2.45, 2.75) is 0 Å². The fraction of sp³-hybridized carbons (Fsp3) is 0. The maximum absolute atomic E-state index is 5.20. The van der Waals surface area contributed by atoms with Crippen LogP contribution >= 0.6 is 11.3 Å². The van der Waals surface area contributed by atoms with E-state index in [9.17, 15) is 0 Å². The fourth-order valence-electron chi connectivity index (χ4n) is 8.63. The Hall–Kier alpha value is -7.08. The quantitative estimate of drug-likeness (QED) is 0.182. The molecule has 0 N–H and O–H groups in total. The number of nitrogens with zero attached hydrogens (tertiary/aromatic N) is 4. The lowest BCUT2D eigenvalue weighted by molar-refractivity contribution is 1.17. The highest BCUT2D eigenvalue weighted by Crippen LogP contribution is 2.45. The van der Waals surface area contributed by atoms with Crippen molar-refractivity contribution < 1.29 is 0 Å². The van der Waals surface area contributed by atoms with E-state index < -0.39 is 0 Å². The van der Waals surface area contributed by atoms with Gasteiger partial charge in [-0.3, -0.25) is 0 Å². The Morgan fingerprint density at radius 3 is 1.69 bits per heavy atom. The Morgan fingerprint density at radius 1 is 0.364 bits per heavy atom.